The van der Waals surface area contributed by atoms with Gasteiger partial charge in [-0.25, -0.2) is 0 Å². The molecule has 0 amide bonds. The molecule has 0 nitrogen and oxygen atoms in total. The molecule has 0 aromatic heterocycles. The van der Waals surface area contributed by atoms with Crippen LogP contribution in [0, 0.1) is 0 Å². The van der Waals surface area contributed by atoms with E-state index in [0.717, 1.165) is 6.42 Å². The fraction of sp³-hybridized carbons (Fsp3) is 0.400. The minimum atomic E-state index is 1.11. The highest BCUT2D eigenvalue weighted by molar-refractivity contribution is 5.01. The number of rotatable bonds is 3. The molecule has 0 bridgehead atoms. The van der Waals surface area contributed by atoms with Crippen LogP contribution in [0.5, 0.6) is 0 Å². The standard InChI is InChI=1S/C10H14/c1-3-5-7-9-10-8-6-4-2/h3,7-9H,4,6H2,1-2H3. The highest BCUT2D eigenvalue weighted by Crippen LogP contribution is 1.85. The molecular weight excluding hydrogens is 120 g/mol. The van der Waals surface area contributed by atoms with Crippen LogP contribution in [0.1, 0.15) is 26.7 Å². The fourth-order valence-corrected chi connectivity index (χ4v) is 0.488. The molecule has 54 valence electrons. The van der Waals surface area contributed by atoms with E-state index in [1.54, 1.807) is 0 Å². The zero-order valence-corrected chi connectivity index (χ0v) is 6.72. The van der Waals surface area contributed by atoms with Crippen LogP contribution in [-0.2, 0) is 0 Å². The zero-order chi connectivity index (χ0) is 7.66. The summed E-state index contributed by atoms with van der Waals surface area (Å²) in [5.74, 6) is 0. The maximum Gasteiger partial charge on any atom is -0.0126 e. The summed E-state index contributed by atoms with van der Waals surface area (Å²) in [4.78, 5) is 0. The second kappa shape index (κ2) is 8.04. The Morgan fingerprint density at radius 3 is 2.50 bits per heavy atom. The quantitative estimate of drug-likeness (QED) is 0.410. The third-order valence-corrected chi connectivity index (χ3v) is 0.993. The Bertz CT molecular complexity index is 172. The lowest BCUT2D eigenvalue weighted by Crippen LogP contribution is -1.55. The summed E-state index contributed by atoms with van der Waals surface area (Å²) in [7, 11) is 0. The highest BCUT2D eigenvalue weighted by atomic mass is 13.7. The van der Waals surface area contributed by atoms with Crippen LogP contribution < -0.4 is 0 Å². The van der Waals surface area contributed by atoms with Gasteiger partial charge in [0, 0.05) is 0 Å². The molecule has 0 fully saturated rings. The molecule has 0 spiro atoms. The molecule has 0 aliphatic heterocycles. The van der Waals surface area contributed by atoms with Crippen molar-refractivity contribution in [2.24, 2.45) is 0 Å². The summed E-state index contributed by atoms with van der Waals surface area (Å²) in [6.45, 7) is 4.10. The van der Waals surface area contributed by atoms with E-state index in [2.05, 4.69) is 18.4 Å². The first kappa shape index (κ1) is 9.04. The monoisotopic (exact) mass is 134 g/mol. The van der Waals surface area contributed by atoms with Crippen molar-refractivity contribution in [2.75, 3.05) is 0 Å². The van der Waals surface area contributed by atoms with Crippen molar-refractivity contribution >= 4 is 0 Å². The van der Waals surface area contributed by atoms with Gasteiger partial charge < -0.3 is 0 Å². The Balaban J connectivity index is 3.64. The average Bonchev–Trinajstić information content (AvgIpc) is 1.97. The van der Waals surface area contributed by atoms with Gasteiger partial charge in [-0.05, 0) is 37.6 Å². The van der Waals surface area contributed by atoms with E-state index in [0.29, 0.717) is 0 Å². The normalized spacial score (nSPS) is 7.00. The lowest BCUT2D eigenvalue weighted by molar-refractivity contribution is 0.960. The van der Waals surface area contributed by atoms with E-state index < -0.39 is 0 Å². The first-order valence-electron chi connectivity index (χ1n) is 3.68. The first-order chi connectivity index (χ1) is 4.91. The van der Waals surface area contributed by atoms with Gasteiger partial charge in [-0.1, -0.05) is 13.3 Å². The molecule has 0 rings (SSSR count). The molecule has 0 unspecified atom stereocenters. The van der Waals surface area contributed by atoms with Crippen LogP contribution in [0.4, 0.5) is 0 Å². The molecule has 0 atom stereocenters. The topological polar surface area (TPSA) is 0 Å². The molecule has 0 heterocycles. The van der Waals surface area contributed by atoms with E-state index in [1.807, 2.05) is 31.2 Å². The van der Waals surface area contributed by atoms with Crippen LogP contribution >= 0.6 is 0 Å². The van der Waals surface area contributed by atoms with Crippen LogP contribution in [-0.4, -0.2) is 0 Å². The van der Waals surface area contributed by atoms with Gasteiger partial charge in [-0.3, -0.25) is 0 Å². The molecule has 0 aromatic carbocycles. The van der Waals surface area contributed by atoms with Crippen molar-refractivity contribution in [3.63, 3.8) is 0 Å². The first-order valence-corrected chi connectivity index (χ1v) is 3.68. The van der Waals surface area contributed by atoms with Gasteiger partial charge >= 0.3 is 0 Å². The van der Waals surface area contributed by atoms with E-state index in [-0.39, 0.29) is 0 Å². The van der Waals surface area contributed by atoms with Gasteiger partial charge in [0.15, 0.2) is 0 Å². The Hall–Kier alpha value is -0.960. The number of hydrogen-bond acceptors (Lipinski definition) is 0. The Kier molecular flexibility index (Phi) is 7.27. The molecule has 0 aliphatic rings. The van der Waals surface area contributed by atoms with Crippen LogP contribution in [0.2, 0.25) is 0 Å². The molecule has 10 heavy (non-hydrogen) atoms. The number of hydrogen-bond donors (Lipinski definition) is 0. The molecular formula is C10H14. The zero-order valence-electron chi connectivity index (χ0n) is 6.72. The van der Waals surface area contributed by atoms with Crippen molar-refractivity contribution in [1.82, 2.24) is 0 Å². The van der Waals surface area contributed by atoms with E-state index in [9.17, 15) is 0 Å². The van der Waals surface area contributed by atoms with Crippen LogP contribution in [0.15, 0.2) is 35.8 Å². The third kappa shape index (κ3) is 7.04. The Morgan fingerprint density at radius 1 is 1.20 bits per heavy atom. The lowest BCUT2D eigenvalue weighted by Gasteiger charge is -1.74. The van der Waals surface area contributed by atoms with E-state index in [1.165, 1.54) is 6.42 Å². The Labute approximate surface area is 63.3 Å². The van der Waals surface area contributed by atoms with E-state index in [4.69, 9.17) is 0 Å². The average molecular weight is 134 g/mol. The smallest absolute Gasteiger partial charge is 0.0126 e. The molecule has 0 heteroatoms. The van der Waals surface area contributed by atoms with Gasteiger partial charge in [0.25, 0.3) is 0 Å². The van der Waals surface area contributed by atoms with Gasteiger partial charge in [-0.2, -0.15) is 0 Å². The molecule has 0 radical (unpaired) electrons. The minimum Gasteiger partial charge on any atom is -0.125 e. The Morgan fingerprint density at radius 2 is 1.90 bits per heavy atom. The van der Waals surface area contributed by atoms with Gasteiger partial charge in [-0.15, -0.1) is 11.5 Å². The maximum atomic E-state index is 3.03. The number of unbranched alkanes of at least 4 members (excludes halogenated alkanes) is 1. The van der Waals surface area contributed by atoms with Crippen LogP contribution in [0.3, 0.4) is 0 Å². The summed E-state index contributed by atoms with van der Waals surface area (Å²) in [5, 5.41) is 0. The largest absolute Gasteiger partial charge is 0.125 e. The van der Waals surface area contributed by atoms with Gasteiger partial charge in [0.2, 0.25) is 0 Å². The minimum absolute atomic E-state index is 1.11. The van der Waals surface area contributed by atoms with Crippen molar-refractivity contribution in [1.29, 1.82) is 0 Å². The molecule has 0 aliphatic carbocycles. The third-order valence-electron chi connectivity index (χ3n) is 0.993. The SMILES string of the molecule is CC=C=CC=C=CCCC. The molecule has 0 aromatic rings. The summed E-state index contributed by atoms with van der Waals surface area (Å²) < 4.78 is 0. The maximum absolute atomic E-state index is 3.03. The highest BCUT2D eigenvalue weighted by Gasteiger charge is 1.65. The van der Waals surface area contributed by atoms with Gasteiger partial charge in [0.1, 0.15) is 0 Å². The number of allylic oxidation sites excluding steroid dienone is 2. The second-order valence-corrected chi connectivity index (χ2v) is 1.95. The summed E-state index contributed by atoms with van der Waals surface area (Å²) >= 11 is 0. The van der Waals surface area contributed by atoms with Crippen LogP contribution in [0.25, 0.3) is 0 Å². The van der Waals surface area contributed by atoms with E-state index >= 15 is 0 Å². The van der Waals surface area contributed by atoms with Crippen molar-refractivity contribution < 1.29 is 0 Å². The molecule has 0 saturated carbocycles. The summed E-state index contributed by atoms with van der Waals surface area (Å²) in [5.41, 5.74) is 5.97. The summed E-state index contributed by atoms with van der Waals surface area (Å²) in [6, 6.07) is 0. The molecule has 0 saturated heterocycles. The molecule has 0 N–H and O–H groups in total. The summed E-state index contributed by atoms with van der Waals surface area (Å²) in [6.07, 6.45) is 9.93. The van der Waals surface area contributed by atoms with Crippen molar-refractivity contribution in [3.8, 4) is 0 Å². The van der Waals surface area contributed by atoms with Crippen molar-refractivity contribution in [2.45, 2.75) is 26.7 Å². The van der Waals surface area contributed by atoms with Gasteiger partial charge in [0.05, 0.1) is 0 Å². The van der Waals surface area contributed by atoms with Crippen molar-refractivity contribution in [3.05, 3.63) is 35.8 Å². The predicted molar refractivity (Wildman–Crippen MR) is 45.9 cm³/mol. The lowest BCUT2D eigenvalue weighted by atomic mass is 10.3. The second-order valence-electron chi connectivity index (χ2n) is 1.95. The fourth-order valence-electron chi connectivity index (χ4n) is 0.488. The predicted octanol–water partition coefficient (Wildman–Crippen LogP) is 3.23.